The Morgan fingerprint density at radius 1 is 1.14 bits per heavy atom. The summed E-state index contributed by atoms with van der Waals surface area (Å²) in [5.74, 6) is -0.395. The number of carbonyl (C=O) groups is 2. The van der Waals surface area contributed by atoms with Gasteiger partial charge in [-0.05, 0) is 34.6 Å². The normalized spacial score (nSPS) is 21.4. The van der Waals surface area contributed by atoms with Gasteiger partial charge < -0.3 is 14.3 Å². The van der Waals surface area contributed by atoms with Gasteiger partial charge in [0.05, 0.1) is 18.2 Å². The fourth-order valence-corrected chi connectivity index (χ4v) is 2.87. The van der Waals surface area contributed by atoms with Crippen LogP contribution in [0.4, 0.5) is 4.79 Å². The molecule has 0 atom stereocenters. The van der Waals surface area contributed by atoms with Crippen LogP contribution < -0.4 is 0 Å². The van der Waals surface area contributed by atoms with E-state index in [1.165, 1.54) is 7.11 Å². The number of piperidine rings is 1. The minimum atomic E-state index is -0.756. The Morgan fingerprint density at radius 2 is 1.62 bits per heavy atom. The largest absolute Gasteiger partial charge is 0.527 e. The number of esters is 1. The number of hydrogen-bond donors (Lipinski definition) is 0. The molecule has 0 aromatic carbocycles. The van der Waals surface area contributed by atoms with Crippen LogP contribution in [0.15, 0.2) is 12.2 Å². The summed E-state index contributed by atoms with van der Waals surface area (Å²) in [6, 6.07) is 0. The van der Waals surface area contributed by atoms with Gasteiger partial charge in [0.1, 0.15) is 6.10 Å². The summed E-state index contributed by atoms with van der Waals surface area (Å²) in [6.45, 7) is 12.9. The predicted molar refractivity (Wildman–Crippen MR) is 77.4 cm³/mol. The second-order valence-electron chi connectivity index (χ2n) is 6.68. The van der Waals surface area contributed by atoms with E-state index in [0.717, 1.165) is 0 Å². The smallest absolute Gasteiger partial charge is 0.459 e. The van der Waals surface area contributed by atoms with Gasteiger partial charge in [0, 0.05) is 18.4 Å². The van der Waals surface area contributed by atoms with Crippen LogP contribution in [0.3, 0.4) is 0 Å². The standard InChI is InChI=1S/C15H25NO5/c1-10(2)12(17)20-11-8-14(3,4)16(15(5,6)9-11)21-13(18)19-7/h11H,1,8-9H2,2-7H3. The monoisotopic (exact) mass is 299 g/mol. The van der Waals surface area contributed by atoms with Crippen LogP contribution in [0.5, 0.6) is 0 Å². The Balaban J connectivity index is 2.89. The molecule has 0 unspecified atom stereocenters. The molecule has 120 valence electrons. The molecule has 0 amide bonds. The van der Waals surface area contributed by atoms with Crippen LogP contribution >= 0.6 is 0 Å². The minimum Gasteiger partial charge on any atom is -0.459 e. The molecule has 0 spiro atoms. The van der Waals surface area contributed by atoms with Crippen LogP contribution in [0.25, 0.3) is 0 Å². The molecule has 0 aromatic heterocycles. The van der Waals surface area contributed by atoms with E-state index in [1.54, 1.807) is 12.0 Å². The molecule has 1 aliphatic heterocycles. The van der Waals surface area contributed by atoms with Gasteiger partial charge in [-0.15, -0.1) is 5.06 Å². The van der Waals surface area contributed by atoms with Crippen LogP contribution in [0, 0.1) is 0 Å². The van der Waals surface area contributed by atoms with Gasteiger partial charge >= 0.3 is 12.1 Å². The second-order valence-corrected chi connectivity index (χ2v) is 6.68. The maximum absolute atomic E-state index is 11.7. The minimum absolute atomic E-state index is 0.253. The molecule has 1 rings (SSSR count). The number of hydrogen-bond acceptors (Lipinski definition) is 6. The van der Waals surface area contributed by atoms with Crippen molar-refractivity contribution in [2.75, 3.05) is 7.11 Å². The lowest BCUT2D eigenvalue weighted by Gasteiger charge is -2.51. The number of rotatable bonds is 3. The maximum atomic E-state index is 11.7. The predicted octanol–water partition coefficient (Wildman–Crippen LogP) is 2.83. The summed E-state index contributed by atoms with van der Waals surface area (Å²) >= 11 is 0. The van der Waals surface area contributed by atoms with Crippen LogP contribution in [0.2, 0.25) is 0 Å². The second kappa shape index (κ2) is 6.05. The van der Waals surface area contributed by atoms with Crippen LogP contribution in [0.1, 0.15) is 47.5 Å². The third kappa shape index (κ3) is 4.20. The summed E-state index contributed by atoms with van der Waals surface area (Å²) in [4.78, 5) is 28.4. The van der Waals surface area contributed by atoms with E-state index >= 15 is 0 Å². The van der Waals surface area contributed by atoms with Crippen molar-refractivity contribution in [3.05, 3.63) is 12.2 Å². The van der Waals surface area contributed by atoms with Crippen LogP contribution in [-0.2, 0) is 19.1 Å². The molecule has 1 heterocycles. The molecule has 1 aliphatic rings. The Morgan fingerprint density at radius 3 is 2.00 bits per heavy atom. The summed E-state index contributed by atoms with van der Waals surface area (Å²) in [5.41, 5.74) is -0.606. The quantitative estimate of drug-likeness (QED) is 0.590. The molecule has 0 radical (unpaired) electrons. The SMILES string of the molecule is C=C(C)C(=O)OC1CC(C)(C)N(OC(=O)OC)C(C)(C)C1. The molecule has 1 saturated heterocycles. The molecule has 0 saturated carbocycles. The van der Waals surface area contributed by atoms with Crippen molar-refractivity contribution in [1.29, 1.82) is 0 Å². The topological polar surface area (TPSA) is 65.1 Å². The molecular formula is C15H25NO5. The van der Waals surface area contributed by atoms with Crippen LogP contribution in [-0.4, -0.2) is 41.5 Å². The summed E-state index contributed by atoms with van der Waals surface area (Å²) in [6.07, 6.45) is 0.0871. The zero-order chi connectivity index (χ0) is 16.4. The maximum Gasteiger partial charge on any atom is 0.527 e. The number of methoxy groups -OCH3 is 1. The molecule has 6 nitrogen and oxygen atoms in total. The molecule has 0 N–H and O–H groups in total. The lowest BCUT2D eigenvalue weighted by molar-refractivity contribution is -0.265. The van der Waals surface area contributed by atoms with E-state index in [-0.39, 0.29) is 6.10 Å². The first-order valence-electron chi connectivity index (χ1n) is 6.92. The fourth-order valence-electron chi connectivity index (χ4n) is 2.87. The highest BCUT2D eigenvalue weighted by atomic mass is 16.8. The van der Waals surface area contributed by atoms with Crippen molar-refractivity contribution in [3.8, 4) is 0 Å². The van der Waals surface area contributed by atoms with Gasteiger partial charge in [-0.3, -0.25) is 0 Å². The summed E-state index contributed by atoms with van der Waals surface area (Å²) in [7, 11) is 1.27. The molecule has 1 fully saturated rings. The highest BCUT2D eigenvalue weighted by Crippen LogP contribution is 2.40. The Bertz CT molecular complexity index is 423. The van der Waals surface area contributed by atoms with Crippen molar-refractivity contribution >= 4 is 12.1 Å². The van der Waals surface area contributed by atoms with E-state index < -0.39 is 23.2 Å². The first-order valence-corrected chi connectivity index (χ1v) is 6.92. The van der Waals surface area contributed by atoms with Gasteiger partial charge in [-0.2, -0.15) is 0 Å². The lowest BCUT2D eigenvalue weighted by atomic mass is 9.80. The zero-order valence-electron chi connectivity index (χ0n) is 13.7. The summed E-state index contributed by atoms with van der Waals surface area (Å²) < 4.78 is 10.0. The molecule has 21 heavy (non-hydrogen) atoms. The molecule has 6 heteroatoms. The Labute approximate surface area is 126 Å². The lowest BCUT2D eigenvalue weighted by Crippen LogP contribution is -2.62. The number of carbonyl (C=O) groups excluding carboxylic acids is 2. The van der Waals surface area contributed by atoms with E-state index in [2.05, 4.69) is 11.3 Å². The van der Waals surface area contributed by atoms with Crippen molar-refractivity contribution in [1.82, 2.24) is 5.06 Å². The average molecular weight is 299 g/mol. The first-order chi connectivity index (χ1) is 9.49. The molecule has 0 aliphatic carbocycles. The van der Waals surface area contributed by atoms with Gasteiger partial charge in [0.15, 0.2) is 0 Å². The van der Waals surface area contributed by atoms with E-state index in [4.69, 9.17) is 9.57 Å². The molecule has 0 bridgehead atoms. The fraction of sp³-hybridized carbons (Fsp3) is 0.733. The highest BCUT2D eigenvalue weighted by molar-refractivity contribution is 5.87. The van der Waals surface area contributed by atoms with E-state index in [1.807, 2.05) is 27.7 Å². The number of nitrogens with zero attached hydrogens (tertiary/aromatic N) is 1. The van der Waals surface area contributed by atoms with Gasteiger partial charge in [0.2, 0.25) is 0 Å². The van der Waals surface area contributed by atoms with Gasteiger partial charge in [-0.25, -0.2) is 9.59 Å². The van der Waals surface area contributed by atoms with E-state index in [9.17, 15) is 9.59 Å². The third-order valence-corrected chi connectivity index (χ3v) is 3.51. The van der Waals surface area contributed by atoms with Crippen molar-refractivity contribution in [2.24, 2.45) is 0 Å². The third-order valence-electron chi connectivity index (χ3n) is 3.51. The molecular weight excluding hydrogens is 274 g/mol. The number of hydroxylamine groups is 2. The molecule has 0 aromatic rings. The highest BCUT2D eigenvalue weighted by Gasteiger charge is 2.49. The first kappa shape index (κ1) is 17.5. The number of ether oxygens (including phenoxy) is 2. The van der Waals surface area contributed by atoms with Crippen molar-refractivity contribution in [2.45, 2.75) is 64.6 Å². The van der Waals surface area contributed by atoms with Gasteiger partial charge in [0.25, 0.3) is 0 Å². The van der Waals surface area contributed by atoms with Gasteiger partial charge in [-0.1, -0.05) is 6.58 Å². The summed E-state index contributed by atoms with van der Waals surface area (Å²) in [5, 5.41) is 1.62. The Hall–Kier alpha value is -1.56. The van der Waals surface area contributed by atoms with E-state index in [0.29, 0.717) is 18.4 Å². The van der Waals surface area contributed by atoms with Crippen molar-refractivity contribution < 1.29 is 23.9 Å². The average Bonchev–Trinajstić information content (AvgIpc) is 2.32. The Kier molecular flexibility index (Phi) is 5.04. The zero-order valence-corrected chi connectivity index (χ0v) is 13.7. The van der Waals surface area contributed by atoms with Crippen molar-refractivity contribution in [3.63, 3.8) is 0 Å².